The lowest BCUT2D eigenvalue weighted by atomic mass is 9.94. The van der Waals surface area contributed by atoms with E-state index in [1.165, 1.54) is 12.0 Å². The highest BCUT2D eigenvalue weighted by Gasteiger charge is 2.37. The molecule has 3 aliphatic heterocycles. The summed E-state index contributed by atoms with van der Waals surface area (Å²) in [5, 5.41) is 0. The molecule has 3 fully saturated rings. The molecule has 0 radical (unpaired) electrons. The molecule has 3 aliphatic rings. The number of pyridine rings is 1. The average molecular weight is 351 g/mol. The second-order valence-electron chi connectivity index (χ2n) is 7.55. The van der Waals surface area contributed by atoms with Crippen molar-refractivity contribution in [3.63, 3.8) is 0 Å². The number of piperidine rings is 1. The van der Waals surface area contributed by atoms with Gasteiger partial charge in [-0.25, -0.2) is 9.97 Å². The fourth-order valence-corrected chi connectivity index (χ4v) is 4.28. The summed E-state index contributed by atoms with van der Waals surface area (Å²) in [5.74, 6) is 1.24. The molecule has 6 heteroatoms. The monoisotopic (exact) mass is 351 g/mol. The Bertz CT molecular complexity index is 774. The largest absolute Gasteiger partial charge is 0.333 e. The zero-order valence-corrected chi connectivity index (χ0v) is 15.4. The van der Waals surface area contributed by atoms with Crippen LogP contribution in [0.1, 0.15) is 40.4 Å². The molecule has 6 nitrogen and oxygen atoms in total. The van der Waals surface area contributed by atoms with E-state index in [4.69, 9.17) is 0 Å². The average Bonchev–Trinajstić information content (AvgIpc) is 2.91. The van der Waals surface area contributed by atoms with E-state index in [-0.39, 0.29) is 11.9 Å². The quantitative estimate of drug-likeness (QED) is 0.848. The van der Waals surface area contributed by atoms with Gasteiger partial charge in [-0.2, -0.15) is 0 Å². The highest BCUT2D eigenvalue weighted by molar-refractivity contribution is 5.92. The number of rotatable bonds is 3. The van der Waals surface area contributed by atoms with Crippen LogP contribution in [0, 0.1) is 19.8 Å². The molecule has 0 aromatic carbocycles. The summed E-state index contributed by atoms with van der Waals surface area (Å²) < 4.78 is 0. The smallest absolute Gasteiger partial charge is 0.272 e. The predicted octanol–water partition coefficient (Wildman–Crippen LogP) is 2.23. The van der Waals surface area contributed by atoms with Crippen molar-refractivity contribution in [2.24, 2.45) is 5.92 Å². The van der Waals surface area contributed by atoms with Crippen LogP contribution >= 0.6 is 0 Å². The minimum absolute atomic E-state index is 0.0523. The molecule has 0 N–H and O–H groups in total. The molecule has 0 spiro atoms. The Hall–Kier alpha value is -2.34. The van der Waals surface area contributed by atoms with Gasteiger partial charge in [-0.3, -0.25) is 14.7 Å². The molecule has 5 heterocycles. The van der Waals surface area contributed by atoms with Crippen molar-refractivity contribution in [3.05, 3.63) is 53.4 Å². The van der Waals surface area contributed by atoms with Crippen LogP contribution in [0.2, 0.25) is 0 Å². The Balaban J connectivity index is 1.52. The number of amides is 1. The Labute approximate surface area is 154 Å². The number of nitrogens with zero attached hydrogens (tertiary/aromatic N) is 5. The lowest BCUT2D eigenvalue weighted by Crippen LogP contribution is -2.47. The summed E-state index contributed by atoms with van der Waals surface area (Å²) in [6.07, 6.45) is 6.01. The van der Waals surface area contributed by atoms with E-state index >= 15 is 0 Å². The third-order valence-corrected chi connectivity index (χ3v) is 5.36. The highest BCUT2D eigenvalue weighted by atomic mass is 16.2. The Morgan fingerprint density at radius 2 is 2.08 bits per heavy atom. The van der Waals surface area contributed by atoms with E-state index in [2.05, 4.69) is 30.8 Å². The fourth-order valence-electron chi connectivity index (χ4n) is 4.28. The Kier molecular flexibility index (Phi) is 4.68. The van der Waals surface area contributed by atoms with Crippen LogP contribution in [0.25, 0.3) is 0 Å². The highest BCUT2D eigenvalue weighted by Crippen LogP contribution is 2.29. The van der Waals surface area contributed by atoms with E-state index in [0.29, 0.717) is 17.4 Å². The molecule has 136 valence electrons. The summed E-state index contributed by atoms with van der Waals surface area (Å²) >= 11 is 0. The van der Waals surface area contributed by atoms with Crippen LogP contribution in [0.15, 0.2) is 30.6 Å². The van der Waals surface area contributed by atoms with Crippen molar-refractivity contribution in [2.75, 3.05) is 19.6 Å². The molecule has 26 heavy (non-hydrogen) atoms. The van der Waals surface area contributed by atoms with Crippen molar-refractivity contribution in [2.45, 2.75) is 39.3 Å². The van der Waals surface area contributed by atoms with Gasteiger partial charge in [-0.1, -0.05) is 6.07 Å². The number of fused-ring (bicyclic) bond motifs is 4. The van der Waals surface area contributed by atoms with Gasteiger partial charge in [0.1, 0.15) is 11.5 Å². The lowest BCUT2D eigenvalue weighted by Gasteiger charge is -2.36. The van der Waals surface area contributed by atoms with Crippen molar-refractivity contribution < 1.29 is 4.79 Å². The number of hydrogen-bond donors (Lipinski definition) is 0. The Morgan fingerprint density at radius 3 is 2.85 bits per heavy atom. The van der Waals surface area contributed by atoms with Gasteiger partial charge in [0.15, 0.2) is 0 Å². The zero-order chi connectivity index (χ0) is 18.1. The van der Waals surface area contributed by atoms with Crippen LogP contribution in [0.3, 0.4) is 0 Å². The van der Waals surface area contributed by atoms with Crippen molar-refractivity contribution >= 4 is 5.91 Å². The van der Waals surface area contributed by atoms with E-state index in [1.807, 2.05) is 32.3 Å². The van der Waals surface area contributed by atoms with Crippen molar-refractivity contribution in [3.8, 4) is 0 Å². The molecule has 2 aromatic heterocycles. The lowest BCUT2D eigenvalue weighted by molar-refractivity contribution is 0.0578. The molecule has 2 unspecified atom stereocenters. The molecule has 2 atom stereocenters. The molecule has 3 saturated heterocycles. The van der Waals surface area contributed by atoms with Gasteiger partial charge in [0.2, 0.25) is 0 Å². The summed E-state index contributed by atoms with van der Waals surface area (Å²) in [7, 11) is 0. The molecule has 2 bridgehead atoms. The van der Waals surface area contributed by atoms with Crippen LogP contribution in [-0.4, -0.2) is 56.3 Å². The first-order chi connectivity index (χ1) is 12.6. The SMILES string of the molecule is Cc1cc(C(=O)N2CC3CCC2CN(Cc2cccnc2)C3)nc(C)n1. The van der Waals surface area contributed by atoms with Gasteiger partial charge < -0.3 is 4.90 Å². The maximum absolute atomic E-state index is 13.1. The Morgan fingerprint density at radius 1 is 1.19 bits per heavy atom. The second-order valence-corrected chi connectivity index (χ2v) is 7.55. The van der Waals surface area contributed by atoms with E-state index in [9.17, 15) is 4.79 Å². The third-order valence-electron chi connectivity index (χ3n) is 5.36. The minimum Gasteiger partial charge on any atom is -0.333 e. The zero-order valence-electron chi connectivity index (χ0n) is 15.4. The number of hydrogen-bond acceptors (Lipinski definition) is 5. The van der Waals surface area contributed by atoms with Gasteiger partial charge in [0, 0.05) is 50.3 Å². The molecule has 2 aromatic rings. The van der Waals surface area contributed by atoms with Crippen molar-refractivity contribution in [1.82, 2.24) is 24.8 Å². The van der Waals surface area contributed by atoms with E-state index in [1.54, 1.807) is 6.07 Å². The fraction of sp³-hybridized carbons (Fsp3) is 0.500. The van der Waals surface area contributed by atoms with Gasteiger partial charge in [-0.05, 0) is 50.3 Å². The predicted molar refractivity (Wildman–Crippen MR) is 98.6 cm³/mol. The first kappa shape index (κ1) is 17.1. The number of carbonyl (C=O) groups excluding carboxylic acids is 1. The number of aryl methyl sites for hydroxylation is 2. The van der Waals surface area contributed by atoms with Gasteiger partial charge in [-0.15, -0.1) is 0 Å². The second kappa shape index (κ2) is 7.11. The normalized spacial score (nSPS) is 23.1. The van der Waals surface area contributed by atoms with Gasteiger partial charge in [0.05, 0.1) is 0 Å². The maximum atomic E-state index is 13.1. The number of carbonyl (C=O) groups is 1. The van der Waals surface area contributed by atoms with Crippen LogP contribution < -0.4 is 0 Å². The van der Waals surface area contributed by atoms with E-state index in [0.717, 1.165) is 38.3 Å². The third kappa shape index (κ3) is 3.60. The topological polar surface area (TPSA) is 62.2 Å². The molecule has 1 amide bonds. The maximum Gasteiger partial charge on any atom is 0.272 e. The number of aromatic nitrogens is 3. The van der Waals surface area contributed by atoms with Gasteiger partial charge in [0.25, 0.3) is 5.91 Å². The molecule has 0 aliphatic carbocycles. The first-order valence-electron chi connectivity index (χ1n) is 9.33. The molecule has 5 rings (SSSR count). The first-order valence-corrected chi connectivity index (χ1v) is 9.33. The molecular formula is C20H25N5O. The van der Waals surface area contributed by atoms with Gasteiger partial charge >= 0.3 is 0 Å². The van der Waals surface area contributed by atoms with Crippen LogP contribution in [-0.2, 0) is 6.54 Å². The summed E-state index contributed by atoms with van der Waals surface area (Å²) in [6.45, 7) is 7.44. The minimum atomic E-state index is 0.0523. The molecular weight excluding hydrogens is 326 g/mol. The standard InChI is InChI=1S/C20H25N5O/c1-14-8-19(23-15(2)22-14)20(26)25-12-17-5-6-18(25)13-24(11-17)10-16-4-3-7-21-9-16/h3-4,7-9,17-18H,5-6,10-13H2,1-2H3. The van der Waals surface area contributed by atoms with E-state index < -0.39 is 0 Å². The molecule has 0 saturated carbocycles. The summed E-state index contributed by atoms with van der Waals surface area (Å²) in [5.41, 5.74) is 2.61. The summed E-state index contributed by atoms with van der Waals surface area (Å²) in [6, 6.07) is 6.17. The van der Waals surface area contributed by atoms with Crippen LogP contribution in [0.5, 0.6) is 0 Å². The summed E-state index contributed by atoms with van der Waals surface area (Å²) in [4.78, 5) is 30.5. The van der Waals surface area contributed by atoms with Crippen molar-refractivity contribution in [1.29, 1.82) is 0 Å². The van der Waals surface area contributed by atoms with Crippen LogP contribution in [0.4, 0.5) is 0 Å².